The van der Waals surface area contributed by atoms with Crippen molar-refractivity contribution in [3.8, 4) is 5.69 Å². The quantitative estimate of drug-likeness (QED) is 0.689. The van der Waals surface area contributed by atoms with Gasteiger partial charge in [0, 0.05) is 49.2 Å². The monoisotopic (exact) mass is 456 g/mol. The Hall–Kier alpha value is -2.32. The van der Waals surface area contributed by atoms with Gasteiger partial charge in [-0.3, -0.25) is 9.47 Å². The van der Waals surface area contributed by atoms with Crippen molar-refractivity contribution in [2.24, 2.45) is 5.41 Å². The lowest BCUT2D eigenvalue weighted by atomic mass is 9.73. The van der Waals surface area contributed by atoms with Crippen molar-refractivity contribution in [2.75, 3.05) is 31.1 Å². The molecule has 32 heavy (non-hydrogen) atoms. The van der Waals surface area contributed by atoms with Crippen molar-refractivity contribution in [3.05, 3.63) is 34.6 Å². The van der Waals surface area contributed by atoms with Gasteiger partial charge in [-0.05, 0) is 57.4 Å². The van der Waals surface area contributed by atoms with Crippen molar-refractivity contribution in [3.63, 3.8) is 0 Å². The molecule has 4 heterocycles. The van der Waals surface area contributed by atoms with E-state index in [1.165, 1.54) is 18.4 Å². The number of ether oxygens (including phenoxy) is 1. The zero-order chi connectivity index (χ0) is 22.3. The maximum absolute atomic E-state index is 12.3. The van der Waals surface area contributed by atoms with E-state index in [0.717, 1.165) is 61.8 Å². The van der Waals surface area contributed by atoms with Gasteiger partial charge in [0.15, 0.2) is 5.82 Å². The van der Waals surface area contributed by atoms with Gasteiger partial charge in [0.05, 0.1) is 12.2 Å². The Morgan fingerprint density at radius 3 is 2.56 bits per heavy atom. The SMILES string of the molecule is CC(C)(C)OC(=O)N1CC2(C1)CN(c1nnc3n1-c1ccc(Cl)cc1CN(C1CC1)C3)C2. The molecule has 3 aliphatic heterocycles. The molecule has 4 aliphatic rings. The van der Waals surface area contributed by atoms with Crippen LogP contribution in [0.1, 0.15) is 45.0 Å². The van der Waals surface area contributed by atoms with Crippen LogP contribution < -0.4 is 4.90 Å². The minimum Gasteiger partial charge on any atom is -0.444 e. The first kappa shape index (κ1) is 20.3. The van der Waals surface area contributed by atoms with E-state index in [2.05, 4.69) is 36.7 Å². The molecular weight excluding hydrogens is 428 g/mol. The first-order chi connectivity index (χ1) is 15.2. The number of fused-ring (bicyclic) bond motifs is 3. The lowest BCUT2D eigenvalue weighted by Crippen LogP contribution is -2.73. The van der Waals surface area contributed by atoms with Crippen LogP contribution in [0.4, 0.5) is 10.7 Å². The van der Waals surface area contributed by atoms with Gasteiger partial charge < -0.3 is 14.5 Å². The molecule has 0 radical (unpaired) electrons. The molecule has 1 aromatic carbocycles. The highest BCUT2D eigenvalue weighted by Gasteiger charge is 2.55. The van der Waals surface area contributed by atoms with Gasteiger partial charge in [-0.1, -0.05) is 11.6 Å². The van der Waals surface area contributed by atoms with Crippen LogP contribution in [0.2, 0.25) is 5.02 Å². The summed E-state index contributed by atoms with van der Waals surface area (Å²) >= 11 is 6.35. The highest BCUT2D eigenvalue weighted by atomic mass is 35.5. The van der Waals surface area contributed by atoms with Crippen molar-refractivity contribution in [2.45, 2.75) is 58.3 Å². The number of halogens is 1. The van der Waals surface area contributed by atoms with Crippen LogP contribution in [0, 0.1) is 5.41 Å². The number of hydrogen-bond acceptors (Lipinski definition) is 6. The van der Waals surface area contributed by atoms with E-state index in [9.17, 15) is 4.79 Å². The Morgan fingerprint density at radius 1 is 1.12 bits per heavy atom. The van der Waals surface area contributed by atoms with Crippen LogP contribution in [0.3, 0.4) is 0 Å². The summed E-state index contributed by atoms with van der Waals surface area (Å²) in [4.78, 5) is 18.9. The van der Waals surface area contributed by atoms with Crippen molar-refractivity contribution in [1.82, 2.24) is 24.6 Å². The fourth-order valence-corrected chi connectivity index (χ4v) is 5.43. The number of aromatic nitrogens is 3. The van der Waals surface area contributed by atoms with Gasteiger partial charge in [0.25, 0.3) is 0 Å². The summed E-state index contributed by atoms with van der Waals surface area (Å²) in [5, 5.41) is 9.95. The lowest BCUT2D eigenvalue weighted by molar-refractivity contribution is -0.0457. The molecule has 0 atom stereocenters. The topological polar surface area (TPSA) is 66.7 Å². The van der Waals surface area contributed by atoms with Crippen LogP contribution in [0.5, 0.6) is 0 Å². The number of carbonyl (C=O) groups is 1. The second-order valence-corrected chi connectivity index (χ2v) is 11.3. The molecule has 8 nitrogen and oxygen atoms in total. The molecule has 170 valence electrons. The highest BCUT2D eigenvalue weighted by molar-refractivity contribution is 6.30. The number of amides is 1. The van der Waals surface area contributed by atoms with E-state index in [4.69, 9.17) is 16.3 Å². The summed E-state index contributed by atoms with van der Waals surface area (Å²) < 4.78 is 7.72. The minimum atomic E-state index is -0.463. The molecule has 1 saturated carbocycles. The van der Waals surface area contributed by atoms with E-state index in [-0.39, 0.29) is 11.5 Å². The van der Waals surface area contributed by atoms with Crippen molar-refractivity contribution in [1.29, 1.82) is 0 Å². The predicted molar refractivity (Wildman–Crippen MR) is 121 cm³/mol. The van der Waals surface area contributed by atoms with Gasteiger partial charge >= 0.3 is 6.09 Å². The maximum atomic E-state index is 12.3. The number of carbonyl (C=O) groups excluding carboxylic acids is 1. The number of anilines is 1. The normalized spacial score (nSPS) is 22.0. The first-order valence-corrected chi connectivity index (χ1v) is 11.8. The molecule has 3 fully saturated rings. The molecule has 0 bridgehead atoms. The predicted octanol–water partition coefficient (Wildman–Crippen LogP) is 3.46. The van der Waals surface area contributed by atoms with Gasteiger partial charge in [-0.2, -0.15) is 0 Å². The Bertz CT molecular complexity index is 1070. The third kappa shape index (κ3) is 3.44. The molecule has 2 saturated heterocycles. The van der Waals surface area contributed by atoms with E-state index in [0.29, 0.717) is 6.04 Å². The molecule has 1 aromatic heterocycles. The smallest absolute Gasteiger partial charge is 0.410 e. The molecule has 1 spiro atoms. The molecular formula is C23H29ClN6O2. The van der Waals surface area contributed by atoms with Crippen LogP contribution >= 0.6 is 11.6 Å². The van der Waals surface area contributed by atoms with E-state index in [1.54, 1.807) is 4.90 Å². The zero-order valence-corrected chi connectivity index (χ0v) is 19.6. The van der Waals surface area contributed by atoms with Gasteiger partial charge in [0.2, 0.25) is 5.95 Å². The average molecular weight is 457 g/mol. The Labute approximate surface area is 193 Å². The van der Waals surface area contributed by atoms with Crippen LogP contribution in [0.25, 0.3) is 5.69 Å². The third-order valence-electron chi connectivity index (χ3n) is 6.82. The summed E-state index contributed by atoms with van der Waals surface area (Å²) in [5.41, 5.74) is 2.02. The zero-order valence-electron chi connectivity index (χ0n) is 18.8. The summed E-state index contributed by atoms with van der Waals surface area (Å²) in [6.07, 6.45) is 2.28. The van der Waals surface area contributed by atoms with Gasteiger partial charge in [-0.25, -0.2) is 4.79 Å². The van der Waals surface area contributed by atoms with Crippen molar-refractivity contribution < 1.29 is 9.53 Å². The van der Waals surface area contributed by atoms with E-state index < -0.39 is 5.60 Å². The maximum Gasteiger partial charge on any atom is 0.410 e. The van der Waals surface area contributed by atoms with Crippen LogP contribution in [-0.4, -0.2) is 68.5 Å². The molecule has 0 N–H and O–H groups in total. The molecule has 2 aromatic rings. The summed E-state index contributed by atoms with van der Waals surface area (Å²) in [7, 11) is 0. The number of likely N-dealkylation sites (tertiary alicyclic amines) is 1. The summed E-state index contributed by atoms with van der Waals surface area (Å²) in [5.74, 6) is 1.88. The third-order valence-corrected chi connectivity index (χ3v) is 7.05. The number of nitrogens with zero attached hydrogens (tertiary/aromatic N) is 6. The van der Waals surface area contributed by atoms with Crippen LogP contribution in [0.15, 0.2) is 18.2 Å². The lowest BCUT2D eigenvalue weighted by Gasteiger charge is -2.59. The molecule has 1 aliphatic carbocycles. The molecule has 0 unspecified atom stereocenters. The standard InChI is InChI=1S/C23H29ClN6O2/c1-22(2,3)32-21(31)29-13-23(14-29)11-28(12-23)20-26-25-19-10-27(17-5-6-17)9-15-8-16(24)4-7-18(15)30(19)20/h4,7-8,17H,5-6,9-14H2,1-3H3. The number of hydrogen-bond donors (Lipinski definition) is 0. The molecule has 6 rings (SSSR count). The van der Waals surface area contributed by atoms with E-state index in [1.807, 2.05) is 26.8 Å². The Balaban J connectivity index is 1.21. The fourth-order valence-electron chi connectivity index (χ4n) is 5.24. The van der Waals surface area contributed by atoms with Crippen LogP contribution in [-0.2, 0) is 17.8 Å². The van der Waals surface area contributed by atoms with Crippen molar-refractivity contribution >= 4 is 23.6 Å². The second kappa shape index (κ2) is 6.84. The number of benzene rings is 1. The first-order valence-electron chi connectivity index (χ1n) is 11.4. The van der Waals surface area contributed by atoms with Gasteiger partial charge in [-0.15, -0.1) is 10.2 Å². The fraction of sp³-hybridized carbons (Fsp3) is 0.609. The minimum absolute atomic E-state index is 0.136. The highest BCUT2D eigenvalue weighted by Crippen LogP contribution is 2.43. The largest absolute Gasteiger partial charge is 0.444 e. The van der Waals surface area contributed by atoms with Gasteiger partial charge in [0.1, 0.15) is 5.60 Å². The summed E-state index contributed by atoms with van der Waals surface area (Å²) in [6, 6.07) is 6.75. The van der Waals surface area contributed by atoms with E-state index >= 15 is 0 Å². The Morgan fingerprint density at radius 2 is 1.88 bits per heavy atom. The second-order valence-electron chi connectivity index (χ2n) is 10.9. The Kier molecular flexibility index (Phi) is 4.34. The molecule has 9 heteroatoms. The average Bonchev–Trinajstić information content (AvgIpc) is 3.42. The number of rotatable bonds is 2. The molecule has 1 amide bonds. The summed E-state index contributed by atoms with van der Waals surface area (Å²) in [6.45, 7) is 10.6.